The highest BCUT2D eigenvalue weighted by Gasteiger charge is 2.26. The fourth-order valence-corrected chi connectivity index (χ4v) is 5.26. The first-order valence-electron chi connectivity index (χ1n) is 7.84. The molecule has 0 unspecified atom stereocenters. The zero-order valence-corrected chi connectivity index (χ0v) is 16.0. The minimum atomic E-state index is -3.69. The van der Waals surface area contributed by atoms with Crippen LogP contribution in [0.1, 0.15) is 37.1 Å². The third-order valence-electron chi connectivity index (χ3n) is 4.38. The van der Waals surface area contributed by atoms with Crippen LogP contribution in [0.25, 0.3) is 11.1 Å². The summed E-state index contributed by atoms with van der Waals surface area (Å²) < 4.78 is 34.1. The predicted molar refractivity (Wildman–Crippen MR) is 96.1 cm³/mol. The highest BCUT2D eigenvalue weighted by molar-refractivity contribution is 9.10. The summed E-state index contributed by atoms with van der Waals surface area (Å²) in [5.41, 5.74) is 8.44. The molecule has 24 heavy (non-hydrogen) atoms. The smallest absolute Gasteiger partial charge is 0.242 e. The molecule has 1 aromatic heterocycles. The van der Waals surface area contributed by atoms with E-state index in [1.165, 1.54) is 0 Å². The highest BCUT2D eigenvalue weighted by atomic mass is 79.9. The average molecular weight is 414 g/mol. The van der Waals surface area contributed by atoms with Crippen LogP contribution < -0.4 is 10.5 Å². The van der Waals surface area contributed by atoms with Crippen molar-refractivity contribution in [2.45, 2.75) is 50.5 Å². The van der Waals surface area contributed by atoms with Gasteiger partial charge in [-0.2, -0.15) is 0 Å². The maximum Gasteiger partial charge on any atom is 0.242 e. The normalized spacial score (nSPS) is 16.0. The largest absolute Gasteiger partial charge is 0.397 e. The van der Waals surface area contributed by atoms with Gasteiger partial charge in [0.2, 0.25) is 10.0 Å². The van der Waals surface area contributed by atoms with Gasteiger partial charge in [0.15, 0.2) is 0 Å². The van der Waals surface area contributed by atoms with E-state index in [9.17, 15) is 8.42 Å². The first kappa shape index (κ1) is 17.4. The number of aromatic nitrogens is 1. The molecule has 0 bridgehead atoms. The van der Waals surface area contributed by atoms with E-state index < -0.39 is 10.0 Å². The monoisotopic (exact) mass is 413 g/mol. The quantitative estimate of drug-likeness (QED) is 0.746. The number of halogens is 1. The van der Waals surface area contributed by atoms with E-state index in [0.717, 1.165) is 31.2 Å². The summed E-state index contributed by atoms with van der Waals surface area (Å²) in [6.07, 6.45) is 3.82. The van der Waals surface area contributed by atoms with E-state index in [0.29, 0.717) is 21.5 Å². The fraction of sp³-hybridized carbons (Fsp3) is 0.438. The Morgan fingerprint density at radius 1 is 1.29 bits per heavy atom. The number of hydrogen-bond donors (Lipinski definition) is 2. The van der Waals surface area contributed by atoms with Gasteiger partial charge in [-0.05, 0) is 60.3 Å². The molecule has 0 radical (unpaired) electrons. The number of rotatable bonds is 4. The lowest BCUT2D eigenvalue weighted by molar-refractivity contribution is 0.393. The number of sulfonamides is 1. The van der Waals surface area contributed by atoms with Crippen LogP contribution in [0.5, 0.6) is 0 Å². The topological polar surface area (TPSA) is 98.2 Å². The van der Waals surface area contributed by atoms with Crippen molar-refractivity contribution in [1.29, 1.82) is 0 Å². The molecule has 6 nitrogen and oxygen atoms in total. The molecular formula is C16H20BrN3O3S. The minimum absolute atomic E-state index is 0.0177. The standard InChI is InChI=1S/C16H20BrN3O3S/c1-9-15(10(2)23-19-9)11-7-13(17)16(18)14(8-11)24(21,22)20-12-5-3-4-6-12/h7-8,12,20H,3-6,18H2,1-2H3. The van der Waals surface area contributed by atoms with E-state index in [4.69, 9.17) is 10.3 Å². The van der Waals surface area contributed by atoms with Gasteiger partial charge in [0.25, 0.3) is 0 Å². The van der Waals surface area contributed by atoms with Gasteiger partial charge < -0.3 is 10.3 Å². The molecule has 1 aromatic carbocycles. The second-order valence-electron chi connectivity index (χ2n) is 6.17. The van der Waals surface area contributed by atoms with Gasteiger partial charge in [-0.15, -0.1) is 0 Å². The number of benzene rings is 1. The van der Waals surface area contributed by atoms with Gasteiger partial charge in [-0.3, -0.25) is 0 Å². The Labute approximate surface area is 150 Å². The molecule has 0 atom stereocenters. The van der Waals surface area contributed by atoms with Crippen molar-refractivity contribution in [2.24, 2.45) is 0 Å². The number of hydrogen-bond acceptors (Lipinski definition) is 5. The first-order chi connectivity index (χ1) is 11.3. The second kappa shape index (κ2) is 6.50. The first-order valence-corrected chi connectivity index (χ1v) is 10.1. The number of nitrogen functional groups attached to an aromatic ring is 1. The molecule has 1 aliphatic rings. The molecule has 1 heterocycles. The van der Waals surface area contributed by atoms with Crippen molar-refractivity contribution in [2.75, 3.05) is 5.73 Å². The lowest BCUT2D eigenvalue weighted by Gasteiger charge is -2.16. The van der Waals surface area contributed by atoms with E-state index in [-0.39, 0.29) is 16.6 Å². The lowest BCUT2D eigenvalue weighted by Crippen LogP contribution is -2.33. The minimum Gasteiger partial charge on any atom is -0.397 e. The molecular weight excluding hydrogens is 394 g/mol. The third kappa shape index (κ3) is 3.22. The van der Waals surface area contributed by atoms with Crippen LogP contribution in [0.4, 0.5) is 5.69 Å². The van der Waals surface area contributed by atoms with Crippen molar-refractivity contribution in [3.63, 3.8) is 0 Å². The lowest BCUT2D eigenvalue weighted by atomic mass is 10.0. The SMILES string of the molecule is Cc1noc(C)c1-c1cc(Br)c(N)c(S(=O)(=O)NC2CCCC2)c1. The third-order valence-corrected chi connectivity index (χ3v) is 6.60. The summed E-state index contributed by atoms with van der Waals surface area (Å²) in [6, 6.07) is 3.36. The Bertz CT molecular complexity index is 851. The van der Waals surface area contributed by atoms with E-state index in [1.807, 2.05) is 6.92 Å². The van der Waals surface area contributed by atoms with E-state index >= 15 is 0 Å². The Morgan fingerprint density at radius 3 is 2.54 bits per heavy atom. The Hall–Kier alpha value is -1.38. The molecule has 0 aliphatic heterocycles. The maximum absolute atomic E-state index is 12.8. The fourth-order valence-electron chi connectivity index (χ4n) is 3.18. The van der Waals surface area contributed by atoms with E-state index in [2.05, 4.69) is 25.8 Å². The number of aryl methyl sites for hydroxylation is 2. The molecule has 0 saturated heterocycles. The number of nitrogens with one attached hydrogen (secondary N) is 1. The number of nitrogens with two attached hydrogens (primary N) is 1. The summed E-state index contributed by atoms with van der Waals surface area (Å²) in [6.45, 7) is 3.62. The molecule has 3 N–H and O–H groups in total. The van der Waals surface area contributed by atoms with Gasteiger partial charge in [0, 0.05) is 16.1 Å². The van der Waals surface area contributed by atoms with Crippen LogP contribution >= 0.6 is 15.9 Å². The molecule has 0 amide bonds. The summed E-state index contributed by atoms with van der Waals surface area (Å²) in [4.78, 5) is 0.0822. The Morgan fingerprint density at radius 2 is 1.96 bits per heavy atom. The van der Waals surface area contributed by atoms with Crippen molar-refractivity contribution in [3.8, 4) is 11.1 Å². The average Bonchev–Trinajstić information content (AvgIpc) is 3.11. The van der Waals surface area contributed by atoms with Crippen molar-refractivity contribution in [1.82, 2.24) is 9.88 Å². The van der Waals surface area contributed by atoms with Gasteiger partial charge in [-0.25, -0.2) is 13.1 Å². The number of nitrogens with zero attached hydrogens (tertiary/aromatic N) is 1. The Kier molecular flexibility index (Phi) is 4.72. The summed E-state index contributed by atoms with van der Waals surface area (Å²) in [5, 5.41) is 3.93. The van der Waals surface area contributed by atoms with Crippen molar-refractivity contribution in [3.05, 3.63) is 28.1 Å². The van der Waals surface area contributed by atoms with Gasteiger partial charge in [-0.1, -0.05) is 18.0 Å². The van der Waals surface area contributed by atoms with Crippen LogP contribution in [-0.2, 0) is 10.0 Å². The van der Waals surface area contributed by atoms with Gasteiger partial charge in [0.05, 0.1) is 11.4 Å². The Balaban J connectivity index is 2.07. The molecule has 130 valence electrons. The van der Waals surface area contributed by atoms with Crippen LogP contribution in [0, 0.1) is 13.8 Å². The van der Waals surface area contributed by atoms with Crippen LogP contribution in [0.15, 0.2) is 26.0 Å². The van der Waals surface area contributed by atoms with Gasteiger partial charge in [0.1, 0.15) is 10.7 Å². The molecule has 2 aromatic rings. The number of anilines is 1. The molecule has 0 spiro atoms. The summed E-state index contributed by atoms with van der Waals surface area (Å²) >= 11 is 3.37. The van der Waals surface area contributed by atoms with Crippen LogP contribution in [-0.4, -0.2) is 19.6 Å². The summed E-state index contributed by atoms with van der Waals surface area (Å²) in [7, 11) is -3.69. The second-order valence-corrected chi connectivity index (χ2v) is 8.71. The van der Waals surface area contributed by atoms with Crippen molar-refractivity contribution < 1.29 is 12.9 Å². The molecule has 3 rings (SSSR count). The van der Waals surface area contributed by atoms with E-state index in [1.54, 1.807) is 19.1 Å². The maximum atomic E-state index is 12.8. The highest BCUT2D eigenvalue weighted by Crippen LogP contribution is 2.36. The van der Waals surface area contributed by atoms with Crippen LogP contribution in [0.2, 0.25) is 0 Å². The van der Waals surface area contributed by atoms with Crippen LogP contribution in [0.3, 0.4) is 0 Å². The molecule has 1 saturated carbocycles. The molecule has 1 fully saturated rings. The molecule has 8 heteroatoms. The summed E-state index contributed by atoms with van der Waals surface area (Å²) in [5.74, 6) is 0.635. The molecule has 1 aliphatic carbocycles. The van der Waals surface area contributed by atoms with Gasteiger partial charge >= 0.3 is 0 Å². The zero-order chi connectivity index (χ0) is 17.5. The predicted octanol–water partition coefficient (Wildman–Crippen LogP) is 3.52. The zero-order valence-electron chi connectivity index (χ0n) is 13.6. The van der Waals surface area contributed by atoms with Crippen molar-refractivity contribution >= 4 is 31.6 Å².